The Balaban J connectivity index is 2.32. The first-order valence-electron chi connectivity index (χ1n) is 12.9. The number of benzene rings is 2. The molecule has 0 heterocycles. The Morgan fingerprint density at radius 1 is 0.853 bits per heavy atom. The van der Waals surface area contributed by atoms with Crippen LogP contribution in [0.4, 0.5) is 0 Å². The average molecular weight is 467 g/mol. The van der Waals surface area contributed by atoms with E-state index in [0.29, 0.717) is 12.4 Å². The molecule has 1 unspecified atom stereocenters. The van der Waals surface area contributed by atoms with Gasteiger partial charge in [-0.1, -0.05) is 117 Å². The van der Waals surface area contributed by atoms with Crippen molar-refractivity contribution in [2.45, 2.75) is 104 Å². The van der Waals surface area contributed by atoms with Crippen LogP contribution in [0.5, 0.6) is 5.75 Å². The maximum absolute atomic E-state index is 12.9. The van der Waals surface area contributed by atoms with Gasteiger partial charge >= 0.3 is 5.97 Å². The van der Waals surface area contributed by atoms with Gasteiger partial charge in [-0.2, -0.15) is 0 Å². The molecule has 34 heavy (non-hydrogen) atoms. The summed E-state index contributed by atoms with van der Waals surface area (Å²) in [5, 5.41) is 11.1. The van der Waals surface area contributed by atoms with E-state index in [1.165, 1.54) is 12.8 Å². The molecule has 3 nitrogen and oxygen atoms in total. The highest BCUT2D eigenvalue weighted by Gasteiger charge is 2.29. The zero-order valence-electron chi connectivity index (χ0n) is 22.7. The van der Waals surface area contributed by atoms with E-state index < -0.39 is 0 Å². The lowest BCUT2D eigenvalue weighted by Crippen LogP contribution is -2.19. The van der Waals surface area contributed by atoms with Crippen LogP contribution < -0.4 is 0 Å². The monoisotopic (exact) mass is 466 g/mol. The van der Waals surface area contributed by atoms with Crippen LogP contribution in [-0.4, -0.2) is 17.7 Å². The van der Waals surface area contributed by atoms with Crippen molar-refractivity contribution >= 4 is 5.97 Å². The Morgan fingerprint density at radius 3 is 1.91 bits per heavy atom. The van der Waals surface area contributed by atoms with Crippen molar-refractivity contribution in [3.8, 4) is 5.75 Å². The first-order chi connectivity index (χ1) is 15.8. The van der Waals surface area contributed by atoms with Crippen LogP contribution in [0, 0.1) is 5.92 Å². The highest BCUT2D eigenvalue weighted by atomic mass is 16.5. The lowest BCUT2D eigenvalue weighted by atomic mass is 9.76. The number of carbonyl (C=O) groups is 1. The molecule has 0 amide bonds. The number of carbonyl (C=O) groups excluding carboxylic acids is 1. The fraction of sp³-hybridized carbons (Fsp3) is 0.581. The second-order valence-corrected chi connectivity index (χ2v) is 12.1. The third-order valence-electron chi connectivity index (χ3n) is 6.41. The number of ether oxygens (including phenoxy) is 1. The summed E-state index contributed by atoms with van der Waals surface area (Å²) in [6, 6.07) is 14.3. The lowest BCUT2D eigenvalue weighted by molar-refractivity contribution is -0.144. The van der Waals surface area contributed by atoms with Gasteiger partial charge in [-0.25, -0.2) is 0 Å². The van der Waals surface area contributed by atoms with Crippen LogP contribution in [0.15, 0.2) is 42.5 Å². The molecule has 0 radical (unpaired) electrons. The van der Waals surface area contributed by atoms with Crippen LogP contribution in [0.25, 0.3) is 0 Å². The molecular weight excluding hydrogens is 420 g/mol. The standard InChI is InChI=1S/C31H46O3/c1-22(2)15-11-10-14-18-34-28(32)21-25(23-16-12-9-13-17-23)24-19-26(30(3,4)5)29(33)27(20-24)31(6,7)8/h9,12-13,16-17,19-20,22,25,33H,10-11,14-15,18,21H2,1-8H3. The van der Waals surface area contributed by atoms with Gasteiger partial charge in [0.05, 0.1) is 13.0 Å². The van der Waals surface area contributed by atoms with Crippen molar-refractivity contribution in [1.29, 1.82) is 0 Å². The maximum Gasteiger partial charge on any atom is 0.306 e. The number of phenols is 1. The number of unbranched alkanes of at least 4 members (excludes halogenated alkanes) is 2. The van der Waals surface area contributed by atoms with E-state index in [4.69, 9.17) is 4.74 Å². The molecule has 1 atom stereocenters. The van der Waals surface area contributed by atoms with E-state index in [9.17, 15) is 9.90 Å². The molecule has 0 spiro atoms. The van der Waals surface area contributed by atoms with E-state index in [2.05, 4.69) is 79.7 Å². The smallest absolute Gasteiger partial charge is 0.306 e. The number of esters is 1. The molecule has 0 saturated carbocycles. The highest BCUT2D eigenvalue weighted by molar-refractivity contribution is 5.71. The molecule has 2 aromatic rings. The SMILES string of the molecule is CC(C)CCCCCOC(=O)CC(c1ccccc1)c1cc(C(C)(C)C)c(O)c(C(C)(C)C)c1. The molecule has 0 aromatic heterocycles. The summed E-state index contributed by atoms with van der Waals surface area (Å²) in [6.45, 7) is 17.6. The minimum Gasteiger partial charge on any atom is -0.507 e. The Labute approximate surface area is 207 Å². The fourth-order valence-corrected chi connectivity index (χ4v) is 4.36. The molecular formula is C31H46O3. The lowest BCUT2D eigenvalue weighted by Gasteiger charge is -2.30. The second-order valence-electron chi connectivity index (χ2n) is 12.1. The summed E-state index contributed by atoms with van der Waals surface area (Å²) in [5.41, 5.74) is 3.51. The Morgan fingerprint density at radius 2 is 1.41 bits per heavy atom. The molecule has 2 aromatic carbocycles. The van der Waals surface area contributed by atoms with Crippen molar-refractivity contribution in [1.82, 2.24) is 0 Å². The number of phenolic OH excluding ortho intramolecular Hbond substituents is 1. The molecule has 188 valence electrons. The third-order valence-corrected chi connectivity index (χ3v) is 6.41. The van der Waals surface area contributed by atoms with Gasteiger partial charge in [0, 0.05) is 5.92 Å². The third kappa shape index (κ3) is 8.18. The van der Waals surface area contributed by atoms with Crippen LogP contribution in [-0.2, 0) is 20.4 Å². The second kappa shape index (κ2) is 11.9. The summed E-state index contributed by atoms with van der Waals surface area (Å²) < 4.78 is 5.65. The number of hydrogen-bond acceptors (Lipinski definition) is 3. The predicted octanol–water partition coefficient (Wildman–Crippen LogP) is 8.27. The first kappa shape index (κ1) is 28.0. The molecule has 3 heteroatoms. The molecule has 0 aliphatic heterocycles. The number of hydrogen-bond donors (Lipinski definition) is 1. The van der Waals surface area contributed by atoms with Gasteiger partial charge in [-0.05, 0) is 45.4 Å². The molecule has 1 N–H and O–H groups in total. The van der Waals surface area contributed by atoms with E-state index in [0.717, 1.165) is 41.0 Å². The molecule has 0 saturated heterocycles. The van der Waals surface area contributed by atoms with Crippen LogP contribution in [0.3, 0.4) is 0 Å². The maximum atomic E-state index is 12.9. The van der Waals surface area contributed by atoms with Crippen molar-refractivity contribution < 1.29 is 14.6 Å². The van der Waals surface area contributed by atoms with Crippen molar-refractivity contribution in [3.63, 3.8) is 0 Å². The van der Waals surface area contributed by atoms with Gasteiger partial charge in [-0.3, -0.25) is 4.79 Å². The fourth-order valence-electron chi connectivity index (χ4n) is 4.36. The topological polar surface area (TPSA) is 46.5 Å². The first-order valence-corrected chi connectivity index (χ1v) is 12.9. The summed E-state index contributed by atoms with van der Waals surface area (Å²) in [6.07, 6.45) is 4.69. The summed E-state index contributed by atoms with van der Waals surface area (Å²) in [5.74, 6) is 0.785. The largest absolute Gasteiger partial charge is 0.507 e. The van der Waals surface area contributed by atoms with Crippen molar-refractivity contribution in [2.75, 3.05) is 6.61 Å². The van der Waals surface area contributed by atoms with Gasteiger partial charge < -0.3 is 9.84 Å². The van der Waals surface area contributed by atoms with E-state index >= 15 is 0 Å². The summed E-state index contributed by atoms with van der Waals surface area (Å²) in [4.78, 5) is 12.9. The summed E-state index contributed by atoms with van der Waals surface area (Å²) >= 11 is 0. The minimum absolute atomic E-state index is 0.127. The zero-order valence-corrected chi connectivity index (χ0v) is 22.7. The van der Waals surface area contributed by atoms with Crippen LogP contribution >= 0.6 is 0 Å². The average Bonchev–Trinajstić information content (AvgIpc) is 2.73. The summed E-state index contributed by atoms with van der Waals surface area (Å²) in [7, 11) is 0. The van der Waals surface area contributed by atoms with Gasteiger partial charge in [-0.15, -0.1) is 0 Å². The molecule has 0 aliphatic carbocycles. The highest BCUT2D eigenvalue weighted by Crippen LogP contribution is 2.42. The van der Waals surface area contributed by atoms with Gasteiger partial charge in [0.1, 0.15) is 5.75 Å². The van der Waals surface area contributed by atoms with E-state index in [1.807, 2.05) is 18.2 Å². The van der Waals surface area contributed by atoms with E-state index in [1.54, 1.807) is 0 Å². The molecule has 0 aliphatic rings. The van der Waals surface area contributed by atoms with Crippen molar-refractivity contribution in [3.05, 3.63) is 64.7 Å². The quantitative estimate of drug-likeness (QED) is 0.283. The van der Waals surface area contributed by atoms with Crippen LogP contribution in [0.2, 0.25) is 0 Å². The molecule has 2 rings (SSSR count). The minimum atomic E-state index is -0.224. The number of aromatic hydroxyl groups is 1. The van der Waals surface area contributed by atoms with E-state index in [-0.39, 0.29) is 29.1 Å². The van der Waals surface area contributed by atoms with Gasteiger partial charge in [0.2, 0.25) is 0 Å². The Bertz CT molecular complexity index is 879. The Hall–Kier alpha value is -2.29. The predicted molar refractivity (Wildman–Crippen MR) is 143 cm³/mol. The molecule has 0 bridgehead atoms. The molecule has 0 fully saturated rings. The van der Waals surface area contributed by atoms with Gasteiger partial charge in [0.15, 0.2) is 0 Å². The van der Waals surface area contributed by atoms with Crippen molar-refractivity contribution in [2.24, 2.45) is 5.92 Å². The normalized spacial score (nSPS) is 13.2. The number of rotatable bonds is 10. The zero-order chi connectivity index (χ0) is 25.5. The Kier molecular flexibility index (Phi) is 9.79. The van der Waals surface area contributed by atoms with Crippen LogP contribution in [0.1, 0.15) is 116 Å². The van der Waals surface area contributed by atoms with Gasteiger partial charge in [0.25, 0.3) is 0 Å².